The minimum absolute atomic E-state index is 0. The van der Waals surface area contributed by atoms with Crippen LogP contribution in [-0.4, -0.2) is 14.2 Å². The maximum Gasteiger partial charge on any atom is 1.00 e. The molecule has 0 heterocycles. The molecule has 0 aliphatic carbocycles. The molecule has 0 bridgehead atoms. The summed E-state index contributed by atoms with van der Waals surface area (Å²) < 4.78 is 26.6. The molecule has 0 saturated heterocycles. The molecule has 0 unspecified atom stereocenters. The van der Waals surface area contributed by atoms with Crippen molar-refractivity contribution in [2.75, 3.05) is 5.75 Å². The van der Waals surface area contributed by atoms with Crippen LogP contribution < -0.4 is 33.7 Å². The Morgan fingerprint density at radius 3 is 2.31 bits per heavy atom. The number of rotatable bonds is 3. The molecule has 1 aromatic rings. The van der Waals surface area contributed by atoms with Crippen LogP contribution in [0.15, 0.2) is 30.3 Å². The van der Waals surface area contributed by atoms with E-state index in [0.717, 1.165) is 0 Å². The van der Waals surface area contributed by atoms with Gasteiger partial charge in [0, 0.05) is 0 Å². The predicted octanol–water partition coefficient (Wildman–Crippen LogP) is -1.47. The molecule has 3 nitrogen and oxygen atoms in total. The van der Waals surface area contributed by atoms with E-state index in [2.05, 4.69) is 0 Å². The Morgan fingerprint density at radius 2 is 1.85 bits per heavy atom. The Morgan fingerprint density at radius 1 is 1.31 bits per heavy atom. The topological polar surface area (TPSA) is 43.4 Å². The Kier molecular flexibility index (Phi) is 5.64. The Bertz CT molecular complexity index is 339. The molecule has 0 atom stereocenters. The molecule has 13 heavy (non-hydrogen) atoms. The van der Waals surface area contributed by atoms with Gasteiger partial charge in [-0.05, 0) is 19.1 Å². The van der Waals surface area contributed by atoms with E-state index < -0.39 is 10.1 Å². The maximum absolute atomic E-state index is 10.9. The zero-order valence-electron chi connectivity index (χ0n) is 8.73. The predicted molar refractivity (Wildman–Crippen MR) is 47.6 cm³/mol. The Balaban J connectivity index is 0. The zero-order chi connectivity index (χ0) is 9.03. The van der Waals surface area contributed by atoms with Crippen LogP contribution in [0.1, 0.15) is 8.35 Å². The molecule has 1 rings (SSSR count). The van der Waals surface area contributed by atoms with Gasteiger partial charge < -0.3 is 5.61 Å². The van der Waals surface area contributed by atoms with Gasteiger partial charge in [-0.3, -0.25) is 0 Å². The summed E-state index contributed by atoms with van der Waals surface area (Å²) in [6.07, 6.45) is 0. The molecule has 0 aliphatic rings. The first-order valence-corrected chi connectivity index (χ1v) is 5.19. The SMILES string of the molecule is CCS(=O)(=O)Oc1ccccc1.[H-].[Na+]. The molecule has 1 aromatic carbocycles. The summed E-state index contributed by atoms with van der Waals surface area (Å²) in [7, 11) is -3.37. The summed E-state index contributed by atoms with van der Waals surface area (Å²) in [6.45, 7) is 1.54. The van der Waals surface area contributed by atoms with Gasteiger partial charge in [0.1, 0.15) is 5.75 Å². The monoisotopic (exact) mass is 210 g/mol. The van der Waals surface area contributed by atoms with Crippen LogP contribution in [0.3, 0.4) is 0 Å². The molecular formula is C8H11NaO3S. The zero-order valence-corrected chi connectivity index (χ0v) is 10.5. The van der Waals surface area contributed by atoms with Gasteiger partial charge >= 0.3 is 39.7 Å². The van der Waals surface area contributed by atoms with E-state index in [1.807, 2.05) is 0 Å². The molecule has 0 saturated carbocycles. The van der Waals surface area contributed by atoms with Gasteiger partial charge in [0.15, 0.2) is 0 Å². The van der Waals surface area contributed by atoms with Crippen molar-refractivity contribution in [2.24, 2.45) is 0 Å². The minimum Gasteiger partial charge on any atom is -1.00 e. The van der Waals surface area contributed by atoms with Crippen molar-refractivity contribution >= 4 is 10.1 Å². The molecule has 0 N–H and O–H groups in total. The molecule has 0 spiro atoms. The fraction of sp³-hybridized carbons (Fsp3) is 0.250. The summed E-state index contributed by atoms with van der Waals surface area (Å²) in [4.78, 5) is 0. The second-order valence-corrected chi connectivity index (χ2v) is 4.10. The van der Waals surface area contributed by atoms with Crippen molar-refractivity contribution in [1.82, 2.24) is 0 Å². The first-order valence-electron chi connectivity index (χ1n) is 3.61. The third-order valence-electron chi connectivity index (χ3n) is 1.32. The summed E-state index contributed by atoms with van der Waals surface area (Å²) in [5.41, 5.74) is 0. The Hall–Kier alpha value is -0.0300. The smallest absolute Gasteiger partial charge is 1.00 e. The van der Waals surface area contributed by atoms with Gasteiger partial charge in [-0.1, -0.05) is 18.2 Å². The van der Waals surface area contributed by atoms with E-state index in [1.54, 1.807) is 30.3 Å². The Labute approximate surface area is 102 Å². The summed E-state index contributed by atoms with van der Waals surface area (Å²) >= 11 is 0. The average molecular weight is 210 g/mol. The van der Waals surface area contributed by atoms with Crippen LogP contribution in [0.5, 0.6) is 5.75 Å². The maximum atomic E-state index is 10.9. The second-order valence-electron chi connectivity index (χ2n) is 2.24. The normalized spacial score (nSPS) is 10.2. The van der Waals surface area contributed by atoms with Crippen molar-refractivity contribution in [1.29, 1.82) is 0 Å². The number of hydrogen-bond donors (Lipinski definition) is 0. The number of para-hydroxylation sites is 1. The van der Waals surface area contributed by atoms with E-state index in [-0.39, 0.29) is 36.7 Å². The third-order valence-corrected chi connectivity index (χ3v) is 2.47. The van der Waals surface area contributed by atoms with Crippen LogP contribution in [0.4, 0.5) is 0 Å². The first-order chi connectivity index (χ1) is 5.64. The van der Waals surface area contributed by atoms with Crippen molar-refractivity contribution in [3.63, 3.8) is 0 Å². The average Bonchev–Trinajstić information content (AvgIpc) is 2.06. The van der Waals surface area contributed by atoms with Gasteiger partial charge in [0.2, 0.25) is 0 Å². The van der Waals surface area contributed by atoms with Crippen molar-refractivity contribution in [3.8, 4) is 5.75 Å². The quantitative estimate of drug-likeness (QED) is 0.452. The van der Waals surface area contributed by atoms with Gasteiger partial charge in [-0.15, -0.1) is 0 Å². The summed E-state index contributed by atoms with van der Waals surface area (Å²) in [5.74, 6) is 0.348. The summed E-state index contributed by atoms with van der Waals surface area (Å²) in [5, 5.41) is 0. The van der Waals surface area contributed by atoms with Crippen LogP contribution >= 0.6 is 0 Å². The van der Waals surface area contributed by atoms with Gasteiger partial charge in [-0.25, -0.2) is 0 Å². The molecule has 0 fully saturated rings. The van der Waals surface area contributed by atoms with Crippen LogP contribution in [0.25, 0.3) is 0 Å². The minimum atomic E-state index is -3.37. The fourth-order valence-electron chi connectivity index (χ4n) is 0.682. The van der Waals surface area contributed by atoms with E-state index in [9.17, 15) is 8.42 Å². The van der Waals surface area contributed by atoms with Crippen LogP contribution in [-0.2, 0) is 10.1 Å². The first kappa shape index (κ1) is 13.0. The van der Waals surface area contributed by atoms with E-state index in [4.69, 9.17) is 4.18 Å². The third kappa shape index (κ3) is 4.67. The fourth-order valence-corrected chi connectivity index (χ4v) is 1.20. The van der Waals surface area contributed by atoms with Crippen molar-refractivity contribution in [2.45, 2.75) is 6.92 Å². The van der Waals surface area contributed by atoms with Gasteiger partial charge in [0.05, 0.1) is 5.75 Å². The van der Waals surface area contributed by atoms with Gasteiger partial charge in [-0.2, -0.15) is 8.42 Å². The molecule has 0 radical (unpaired) electrons. The molecule has 5 heteroatoms. The van der Waals surface area contributed by atoms with E-state index in [0.29, 0.717) is 5.75 Å². The van der Waals surface area contributed by atoms with Crippen molar-refractivity contribution < 1.29 is 43.6 Å². The van der Waals surface area contributed by atoms with E-state index in [1.165, 1.54) is 6.92 Å². The molecule has 68 valence electrons. The molecule has 0 aliphatic heterocycles. The molecular weight excluding hydrogens is 199 g/mol. The standard InChI is InChI=1S/C8H10O3S.Na.H/c1-2-12(9,10)11-8-6-4-3-5-7-8;;/h3-7H,2H2,1H3;;/q;+1;-1. The van der Waals surface area contributed by atoms with E-state index >= 15 is 0 Å². The number of benzene rings is 1. The molecule has 0 aromatic heterocycles. The van der Waals surface area contributed by atoms with Gasteiger partial charge in [0.25, 0.3) is 0 Å². The number of hydrogen-bond acceptors (Lipinski definition) is 3. The largest absolute Gasteiger partial charge is 1.00 e. The van der Waals surface area contributed by atoms with Crippen LogP contribution in [0, 0.1) is 0 Å². The van der Waals surface area contributed by atoms with Crippen LogP contribution in [0.2, 0.25) is 0 Å². The second kappa shape index (κ2) is 5.65. The summed E-state index contributed by atoms with van der Waals surface area (Å²) in [6, 6.07) is 8.45. The van der Waals surface area contributed by atoms with Crippen molar-refractivity contribution in [3.05, 3.63) is 30.3 Å². The molecule has 0 amide bonds.